The summed E-state index contributed by atoms with van der Waals surface area (Å²) in [5.74, 6) is 7.11. The molecule has 0 saturated carbocycles. The Kier molecular flexibility index (Phi) is 4.47. The Morgan fingerprint density at radius 1 is 1.16 bits per heavy atom. The van der Waals surface area contributed by atoms with Crippen LogP contribution in [0.15, 0.2) is 30.3 Å². The number of hydrazine groups is 1. The van der Waals surface area contributed by atoms with E-state index in [0.29, 0.717) is 5.82 Å². The number of benzene rings is 1. The number of nitrogens with one attached hydrogen (secondary N) is 1. The first kappa shape index (κ1) is 13.5. The Balaban J connectivity index is 2.46. The Hall–Kier alpha value is -1.94. The molecule has 0 aliphatic carbocycles. The zero-order valence-corrected chi connectivity index (χ0v) is 11.5. The zero-order valence-electron chi connectivity index (χ0n) is 11.5. The molecular formula is C15H20N4. The molecule has 2 aromatic rings. The van der Waals surface area contributed by atoms with Crippen molar-refractivity contribution in [3.05, 3.63) is 41.7 Å². The van der Waals surface area contributed by atoms with Crippen molar-refractivity contribution in [2.24, 2.45) is 5.84 Å². The number of nitrogens with two attached hydrogens (primary N) is 1. The largest absolute Gasteiger partial charge is 0.308 e. The third-order valence-electron chi connectivity index (χ3n) is 3.13. The van der Waals surface area contributed by atoms with Crippen LogP contribution < -0.4 is 11.3 Å². The van der Waals surface area contributed by atoms with Crippen LogP contribution in [0.5, 0.6) is 0 Å². The highest BCUT2D eigenvalue weighted by Gasteiger charge is 2.11. The smallest absolute Gasteiger partial charge is 0.147 e. The molecule has 0 atom stereocenters. The number of unbranched alkanes of at least 4 members (excludes halogenated alkanes) is 1. The standard InChI is InChI=1S/C15H20N4/c1-3-4-10-13-17-14(11(2)15(18-13)19-16)12-8-6-5-7-9-12/h5-9H,3-4,10,16H2,1-2H3,(H,17,18,19). The highest BCUT2D eigenvalue weighted by atomic mass is 15.3. The minimum atomic E-state index is 0.708. The van der Waals surface area contributed by atoms with Crippen LogP contribution in [0.4, 0.5) is 5.82 Å². The lowest BCUT2D eigenvalue weighted by Crippen LogP contribution is -2.13. The molecule has 0 aliphatic heterocycles. The highest BCUT2D eigenvalue weighted by Crippen LogP contribution is 2.25. The molecule has 4 nitrogen and oxygen atoms in total. The van der Waals surface area contributed by atoms with Gasteiger partial charge in [-0.1, -0.05) is 43.7 Å². The lowest BCUT2D eigenvalue weighted by atomic mass is 10.1. The topological polar surface area (TPSA) is 63.8 Å². The molecule has 3 N–H and O–H groups in total. The van der Waals surface area contributed by atoms with Gasteiger partial charge in [0.15, 0.2) is 0 Å². The van der Waals surface area contributed by atoms with E-state index in [1.807, 2.05) is 25.1 Å². The average molecular weight is 256 g/mol. The molecule has 0 bridgehead atoms. The van der Waals surface area contributed by atoms with E-state index in [-0.39, 0.29) is 0 Å². The zero-order chi connectivity index (χ0) is 13.7. The number of hydrogen-bond donors (Lipinski definition) is 2. The summed E-state index contributed by atoms with van der Waals surface area (Å²) in [4.78, 5) is 9.15. The maximum absolute atomic E-state index is 5.55. The van der Waals surface area contributed by atoms with Crippen LogP contribution in [0.25, 0.3) is 11.3 Å². The molecular weight excluding hydrogens is 236 g/mol. The van der Waals surface area contributed by atoms with Crippen molar-refractivity contribution >= 4 is 5.82 Å². The Morgan fingerprint density at radius 3 is 2.53 bits per heavy atom. The molecule has 19 heavy (non-hydrogen) atoms. The van der Waals surface area contributed by atoms with Crippen LogP contribution in [-0.2, 0) is 6.42 Å². The van der Waals surface area contributed by atoms with E-state index in [9.17, 15) is 0 Å². The van der Waals surface area contributed by atoms with Crippen LogP contribution >= 0.6 is 0 Å². The summed E-state index contributed by atoms with van der Waals surface area (Å²) in [6.07, 6.45) is 3.09. The second kappa shape index (κ2) is 6.29. The quantitative estimate of drug-likeness (QED) is 0.637. The van der Waals surface area contributed by atoms with Gasteiger partial charge in [-0.3, -0.25) is 0 Å². The molecule has 4 heteroatoms. The van der Waals surface area contributed by atoms with E-state index in [1.165, 1.54) is 0 Å². The normalized spacial score (nSPS) is 10.5. The van der Waals surface area contributed by atoms with Gasteiger partial charge in [-0.05, 0) is 13.3 Å². The molecule has 2 rings (SSSR count). The van der Waals surface area contributed by atoms with Crippen molar-refractivity contribution in [2.75, 3.05) is 5.43 Å². The van der Waals surface area contributed by atoms with E-state index in [2.05, 4.69) is 34.5 Å². The van der Waals surface area contributed by atoms with Gasteiger partial charge in [0.25, 0.3) is 0 Å². The SMILES string of the molecule is CCCCc1nc(NN)c(C)c(-c2ccccc2)n1. The number of hydrogen-bond acceptors (Lipinski definition) is 4. The second-order valence-electron chi connectivity index (χ2n) is 4.58. The maximum atomic E-state index is 5.55. The van der Waals surface area contributed by atoms with Crippen molar-refractivity contribution in [1.82, 2.24) is 9.97 Å². The summed E-state index contributed by atoms with van der Waals surface area (Å²) in [6.45, 7) is 4.15. The average Bonchev–Trinajstić information content (AvgIpc) is 2.47. The van der Waals surface area contributed by atoms with Gasteiger partial charge in [0.05, 0.1) is 5.69 Å². The molecule has 0 aliphatic rings. The number of nitrogen functional groups attached to an aromatic ring is 1. The highest BCUT2D eigenvalue weighted by molar-refractivity contribution is 5.67. The predicted molar refractivity (Wildman–Crippen MR) is 78.6 cm³/mol. The van der Waals surface area contributed by atoms with Gasteiger partial charge in [0.2, 0.25) is 0 Å². The van der Waals surface area contributed by atoms with Crippen molar-refractivity contribution in [2.45, 2.75) is 33.1 Å². The molecule has 1 aromatic carbocycles. The number of aryl methyl sites for hydroxylation is 1. The fraction of sp³-hybridized carbons (Fsp3) is 0.333. The summed E-state index contributed by atoms with van der Waals surface area (Å²) >= 11 is 0. The van der Waals surface area contributed by atoms with Crippen LogP contribution in [0.3, 0.4) is 0 Å². The van der Waals surface area contributed by atoms with E-state index in [1.54, 1.807) is 0 Å². The fourth-order valence-corrected chi connectivity index (χ4v) is 2.03. The first-order chi connectivity index (χ1) is 9.26. The lowest BCUT2D eigenvalue weighted by molar-refractivity contribution is 0.752. The van der Waals surface area contributed by atoms with Crippen molar-refractivity contribution in [1.29, 1.82) is 0 Å². The number of rotatable bonds is 5. The summed E-state index contributed by atoms with van der Waals surface area (Å²) in [7, 11) is 0. The first-order valence-corrected chi connectivity index (χ1v) is 6.65. The molecule has 0 spiro atoms. The maximum Gasteiger partial charge on any atom is 0.147 e. The van der Waals surface area contributed by atoms with Crippen LogP contribution in [0, 0.1) is 6.92 Å². The van der Waals surface area contributed by atoms with E-state index >= 15 is 0 Å². The minimum absolute atomic E-state index is 0.708. The monoisotopic (exact) mass is 256 g/mol. The fourth-order valence-electron chi connectivity index (χ4n) is 2.03. The Labute approximate surface area is 114 Å². The number of aromatic nitrogens is 2. The van der Waals surface area contributed by atoms with E-state index in [0.717, 1.165) is 41.9 Å². The molecule has 1 aromatic heterocycles. The van der Waals surface area contributed by atoms with Gasteiger partial charge in [-0.25, -0.2) is 15.8 Å². The molecule has 0 saturated heterocycles. The van der Waals surface area contributed by atoms with Crippen molar-refractivity contribution in [3.8, 4) is 11.3 Å². The molecule has 0 unspecified atom stereocenters. The van der Waals surface area contributed by atoms with Gasteiger partial charge >= 0.3 is 0 Å². The van der Waals surface area contributed by atoms with E-state index in [4.69, 9.17) is 5.84 Å². The number of nitrogens with zero attached hydrogens (tertiary/aromatic N) is 2. The van der Waals surface area contributed by atoms with Gasteiger partial charge in [0, 0.05) is 17.5 Å². The van der Waals surface area contributed by atoms with Gasteiger partial charge < -0.3 is 5.43 Å². The van der Waals surface area contributed by atoms with Crippen molar-refractivity contribution < 1.29 is 0 Å². The first-order valence-electron chi connectivity index (χ1n) is 6.65. The van der Waals surface area contributed by atoms with Gasteiger partial charge in [0.1, 0.15) is 11.6 Å². The third-order valence-corrected chi connectivity index (χ3v) is 3.13. The Bertz CT molecular complexity index is 537. The summed E-state index contributed by atoms with van der Waals surface area (Å²) in [6, 6.07) is 10.1. The van der Waals surface area contributed by atoms with Gasteiger partial charge in [-0.2, -0.15) is 0 Å². The van der Waals surface area contributed by atoms with Crippen LogP contribution in [0.2, 0.25) is 0 Å². The van der Waals surface area contributed by atoms with Crippen LogP contribution in [-0.4, -0.2) is 9.97 Å². The molecule has 1 heterocycles. The summed E-state index contributed by atoms with van der Waals surface area (Å²) < 4.78 is 0. The third kappa shape index (κ3) is 3.09. The van der Waals surface area contributed by atoms with Crippen LogP contribution in [0.1, 0.15) is 31.2 Å². The Morgan fingerprint density at radius 2 is 1.89 bits per heavy atom. The summed E-state index contributed by atoms with van der Waals surface area (Å²) in [5, 5.41) is 0. The van der Waals surface area contributed by atoms with Gasteiger partial charge in [-0.15, -0.1) is 0 Å². The predicted octanol–water partition coefficient (Wildman–Crippen LogP) is 3.08. The second-order valence-corrected chi connectivity index (χ2v) is 4.58. The minimum Gasteiger partial charge on any atom is -0.308 e. The summed E-state index contributed by atoms with van der Waals surface area (Å²) in [5.41, 5.74) is 5.70. The number of anilines is 1. The molecule has 0 fully saturated rings. The molecule has 100 valence electrons. The molecule has 0 amide bonds. The van der Waals surface area contributed by atoms with Crippen molar-refractivity contribution in [3.63, 3.8) is 0 Å². The van der Waals surface area contributed by atoms with E-state index < -0.39 is 0 Å². The lowest BCUT2D eigenvalue weighted by Gasteiger charge is -2.12. The molecule has 0 radical (unpaired) electrons.